The second-order valence-corrected chi connectivity index (χ2v) is 9.24. The maximum absolute atomic E-state index is 13.3. The third-order valence-electron chi connectivity index (χ3n) is 5.55. The van der Waals surface area contributed by atoms with Gasteiger partial charge in [-0.15, -0.1) is 0 Å². The summed E-state index contributed by atoms with van der Waals surface area (Å²) in [6.07, 6.45) is 1.93. The number of sulfonamides is 1. The van der Waals surface area contributed by atoms with E-state index in [1.54, 1.807) is 4.90 Å². The molecule has 2 heterocycles. The Hall–Kier alpha value is -1.55. The van der Waals surface area contributed by atoms with Gasteiger partial charge < -0.3 is 10.2 Å². The highest BCUT2D eigenvalue weighted by atomic mass is 32.2. The van der Waals surface area contributed by atoms with Crippen molar-refractivity contribution in [2.75, 3.05) is 52.4 Å². The number of benzene rings is 1. The number of halogens is 1. The summed E-state index contributed by atoms with van der Waals surface area (Å²) in [6.45, 7) is 6.51. The van der Waals surface area contributed by atoms with Gasteiger partial charge in [-0.1, -0.05) is 6.92 Å². The van der Waals surface area contributed by atoms with Crippen LogP contribution in [0, 0.1) is 5.82 Å². The van der Waals surface area contributed by atoms with E-state index in [9.17, 15) is 17.6 Å². The van der Waals surface area contributed by atoms with E-state index in [-0.39, 0.29) is 29.9 Å². The lowest BCUT2D eigenvalue weighted by Crippen LogP contribution is -2.52. The van der Waals surface area contributed by atoms with Crippen LogP contribution in [0.5, 0.6) is 0 Å². The zero-order valence-corrected chi connectivity index (χ0v) is 17.1. The van der Waals surface area contributed by atoms with Crippen LogP contribution in [0.15, 0.2) is 29.2 Å². The number of likely N-dealkylation sites (N-methyl/N-ethyl adjacent to an activating group) is 1. The third-order valence-corrected chi connectivity index (χ3v) is 7.38. The van der Waals surface area contributed by atoms with Crippen molar-refractivity contribution in [2.24, 2.45) is 0 Å². The first-order chi connectivity index (χ1) is 13.4. The van der Waals surface area contributed by atoms with Crippen molar-refractivity contribution in [3.8, 4) is 0 Å². The fraction of sp³-hybridized carbons (Fsp3) is 0.632. The van der Waals surface area contributed by atoms with E-state index >= 15 is 0 Å². The highest BCUT2D eigenvalue weighted by Gasteiger charge is 2.34. The molecule has 156 valence electrons. The first-order valence-corrected chi connectivity index (χ1v) is 11.3. The molecular weight excluding hydrogens is 383 g/mol. The summed E-state index contributed by atoms with van der Waals surface area (Å²) in [5, 5.41) is 3.19. The van der Waals surface area contributed by atoms with Crippen molar-refractivity contribution < 1.29 is 17.6 Å². The van der Waals surface area contributed by atoms with Gasteiger partial charge in [0.15, 0.2) is 0 Å². The van der Waals surface area contributed by atoms with E-state index in [0.29, 0.717) is 26.2 Å². The zero-order chi connectivity index (χ0) is 20.1. The lowest BCUT2D eigenvalue weighted by atomic mass is 10.2. The molecule has 7 nitrogen and oxygen atoms in total. The molecule has 0 spiro atoms. The Bertz CT molecular complexity index is 766. The van der Waals surface area contributed by atoms with Gasteiger partial charge in [0.05, 0.1) is 11.4 Å². The molecule has 1 N–H and O–H groups in total. The number of likely N-dealkylation sites (tertiary alicyclic amines) is 1. The molecule has 2 aliphatic rings. The first-order valence-electron chi connectivity index (χ1n) is 9.90. The van der Waals surface area contributed by atoms with Gasteiger partial charge in [-0.25, -0.2) is 12.8 Å². The highest BCUT2D eigenvalue weighted by molar-refractivity contribution is 7.89. The second-order valence-electron chi connectivity index (χ2n) is 7.31. The van der Waals surface area contributed by atoms with Crippen LogP contribution in [0.25, 0.3) is 0 Å². The Morgan fingerprint density at radius 3 is 2.54 bits per heavy atom. The predicted octanol–water partition coefficient (Wildman–Crippen LogP) is 0.733. The smallest absolute Gasteiger partial charge is 0.243 e. The Morgan fingerprint density at radius 1 is 1.21 bits per heavy atom. The van der Waals surface area contributed by atoms with Gasteiger partial charge in [0.25, 0.3) is 0 Å². The van der Waals surface area contributed by atoms with Crippen molar-refractivity contribution in [3.05, 3.63) is 30.1 Å². The molecule has 1 amide bonds. The number of carbonyl (C=O) groups excluding carboxylic acids is 1. The largest absolute Gasteiger partial charge is 0.339 e. The number of rotatable bonds is 7. The summed E-state index contributed by atoms with van der Waals surface area (Å²) in [5.74, 6) is -0.677. The normalized spacial score (nSPS) is 21.4. The Morgan fingerprint density at radius 2 is 1.89 bits per heavy atom. The standard InChI is InChI=1S/C19H29FN4O3S/c1-2-22-11-3-4-17(22)14-24(15-19(25)23-12-9-21-10-13-23)28(26,27)18-7-5-16(20)6-8-18/h5-8,17,21H,2-4,9-15H2,1H3. The van der Waals surface area contributed by atoms with Gasteiger partial charge >= 0.3 is 0 Å². The van der Waals surface area contributed by atoms with E-state index in [4.69, 9.17) is 0 Å². The summed E-state index contributed by atoms with van der Waals surface area (Å²) in [7, 11) is -3.89. The maximum Gasteiger partial charge on any atom is 0.243 e. The minimum Gasteiger partial charge on any atom is -0.339 e. The van der Waals surface area contributed by atoms with Gasteiger partial charge in [0.2, 0.25) is 15.9 Å². The predicted molar refractivity (Wildman–Crippen MR) is 105 cm³/mol. The van der Waals surface area contributed by atoms with Crippen LogP contribution in [0.3, 0.4) is 0 Å². The monoisotopic (exact) mass is 412 g/mol. The molecule has 3 rings (SSSR count). The van der Waals surface area contributed by atoms with E-state index in [0.717, 1.165) is 38.1 Å². The molecule has 2 saturated heterocycles. The number of nitrogens with one attached hydrogen (secondary N) is 1. The van der Waals surface area contributed by atoms with Crippen molar-refractivity contribution >= 4 is 15.9 Å². The van der Waals surface area contributed by atoms with Crippen molar-refractivity contribution in [1.29, 1.82) is 0 Å². The number of hydrogen-bond donors (Lipinski definition) is 1. The van der Waals surface area contributed by atoms with E-state index in [1.165, 1.54) is 16.4 Å². The van der Waals surface area contributed by atoms with Gasteiger partial charge in [0, 0.05) is 38.8 Å². The van der Waals surface area contributed by atoms with Crippen molar-refractivity contribution in [1.82, 2.24) is 19.4 Å². The van der Waals surface area contributed by atoms with Crippen LogP contribution < -0.4 is 5.32 Å². The fourth-order valence-electron chi connectivity index (χ4n) is 3.92. The topological polar surface area (TPSA) is 73.0 Å². The average Bonchev–Trinajstić information content (AvgIpc) is 3.15. The van der Waals surface area contributed by atoms with Crippen molar-refractivity contribution in [2.45, 2.75) is 30.7 Å². The molecular formula is C19H29FN4O3S. The quantitative estimate of drug-likeness (QED) is 0.715. The Balaban J connectivity index is 1.82. The van der Waals surface area contributed by atoms with Crippen LogP contribution in [-0.4, -0.2) is 86.8 Å². The molecule has 2 fully saturated rings. The minimum atomic E-state index is -3.89. The van der Waals surface area contributed by atoms with Gasteiger partial charge in [-0.05, 0) is 50.2 Å². The number of carbonyl (C=O) groups is 1. The molecule has 0 saturated carbocycles. The molecule has 0 radical (unpaired) electrons. The molecule has 1 aromatic rings. The minimum absolute atomic E-state index is 0.0167. The van der Waals surface area contributed by atoms with E-state index in [1.807, 2.05) is 0 Å². The average molecular weight is 413 g/mol. The fourth-order valence-corrected chi connectivity index (χ4v) is 5.35. The Kier molecular flexibility index (Phi) is 7.03. The molecule has 0 aliphatic carbocycles. The molecule has 0 bridgehead atoms. The summed E-state index contributed by atoms with van der Waals surface area (Å²) in [5.41, 5.74) is 0. The number of nitrogens with zero attached hydrogens (tertiary/aromatic N) is 3. The van der Waals surface area contributed by atoms with Gasteiger partial charge in [-0.2, -0.15) is 4.31 Å². The molecule has 28 heavy (non-hydrogen) atoms. The number of piperazine rings is 1. The SMILES string of the molecule is CCN1CCCC1CN(CC(=O)N1CCNCC1)S(=O)(=O)c1ccc(F)cc1. The number of amides is 1. The van der Waals surface area contributed by atoms with Crippen LogP contribution in [0.2, 0.25) is 0 Å². The van der Waals surface area contributed by atoms with Crippen LogP contribution >= 0.6 is 0 Å². The second kappa shape index (κ2) is 9.30. The first kappa shape index (κ1) is 21.2. The van der Waals surface area contributed by atoms with Crippen LogP contribution in [0.1, 0.15) is 19.8 Å². The molecule has 1 unspecified atom stereocenters. The Labute approximate surface area is 166 Å². The summed E-state index contributed by atoms with van der Waals surface area (Å²) in [6, 6.07) is 4.89. The molecule has 1 atom stereocenters. The highest BCUT2D eigenvalue weighted by Crippen LogP contribution is 2.22. The van der Waals surface area contributed by atoms with Crippen molar-refractivity contribution in [3.63, 3.8) is 0 Å². The summed E-state index contributed by atoms with van der Waals surface area (Å²) >= 11 is 0. The van der Waals surface area contributed by atoms with Crippen LogP contribution in [-0.2, 0) is 14.8 Å². The maximum atomic E-state index is 13.3. The van der Waals surface area contributed by atoms with E-state index < -0.39 is 15.8 Å². The van der Waals surface area contributed by atoms with Gasteiger partial charge in [0.1, 0.15) is 5.82 Å². The lowest BCUT2D eigenvalue weighted by Gasteiger charge is -2.32. The third kappa shape index (κ3) is 4.89. The molecule has 9 heteroatoms. The molecule has 1 aromatic carbocycles. The lowest BCUT2D eigenvalue weighted by molar-refractivity contribution is -0.132. The molecule has 2 aliphatic heterocycles. The summed E-state index contributed by atoms with van der Waals surface area (Å²) < 4.78 is 41.0. The zero-order valence-electron chi connectivity index (χ0n) is 16.3. The van der Waals surface area contributed by atoms with Crippen LogP contribution in [0.4, 0.5) is 4.39 Å². The number of hydrogen-bond acceptors (Lipinski definition) is 5. The van der Waals surface area contributed by atoms with Gasteiger partial charge in [-0.3, -0.25) is 9.69 Å². The van der Waals surface area contributed by atoms with E-state index in [2.05, 4.69) is 17.1 Å². The molecule has 0 aromatic heterocycles. The summed E-state index contributed by atoms with van der Waals surface area (Å²) in [4.78, 5) is 16.8.